The van der Waals surface area contributed by atoms with Crippen LogP contribution in [0.3, 0.4) is 0 Å². The zero-order chi connectivity index (χ0) is 12.7. The van der Waals surface area contributed by atoms with Gasteiger partial charge in [0.2, 0.25) is 5.91 Å². The van der Waals surface area contributed by atoms with Crippen LogP contribution in [0.1, 0.15) is 37.8 Å². The van der Waals surface area contributed by atoms with Gasteiger partial charge in [-0.15, -0.1) is 0 Å². The fourth-order valence-electron chi connectivity index (χ4n) is 1.61. The van der Waals surface area contributed by atoms with Crippen LogP contribution in [-0.4, -0.2) is 12.5 Å². The molecule has 17 heavy (non-hydrogen) atoms. The van der Waals surface area contributed by atoms with Crippen LogP contribution in [0.15, 0.2) is 24.3 Å². The highest BCUT2D eigenvalue weighted by molar-refractivity contribution is 5.73. The fraction of sp³-hybridized carbons (Fsp3) is 0.462. The highest BCUT2D eigenvalue weighted by Gasteiger charge is 2.04. The van der Waals surface area contributed by atoms with E-state index in [4.69, 9.17) is 5.73 Å². The molecule has 0 aliphatic rings. The summed E-state index contributed by atoms with van der Waals surface area (Å²) in [6.07, 6.45) is 2.15. The lowest BCUT2D eigenvalue weighted by Crippen LogP contribution is -2.20. The molecule has 0 aliphatic carbocycles. The van der Waals surface area contributed by atoms with Gasteiger partial charge in [0.25, 0.3) is 0 Å². The predicted molar refractivity (Wildman–Crippen MR) is 65.9 cm³/mol. The van der Waals surface area contributed by atoms with Crippen LogP contribution in [0.25, 0.3) is 0 Å². The van der Waals surface area contributed by atoms with Crippen LogP contribution in [0.2, 0.25) is 0 Å². The van der Waals surface area contributed by atoms with Gasteiger partial charge < -0.3 is 11.1 Å². The number of benzene rings is 1. The van der Waals surface area contributed by atoms with Crippen LogP contribution in [-0.2, 0) is 4.79 Å². The molecule has 1 aromatic rings. The van der Waals surface area contributed by atoms with E-state index in [1.165, 1.54) is 12.1 Å². The summed E-state index contributed by atoms with van der Waals surface area (Å²) in [5.41, 5.74) is 6.10. The molecule has 1 rings (SSSR count). The maximum atomic E-state index is 12.7. The van der Waals surface area contributed by atoms with Crippen LogP contribution in [0.5, 0.6) is 0 Å². The van der Waals surface area contributed by atoms with Gasteiger partial charge in [0.1, 0.15) is 5.82 Å². The number of unbranched alkanes of at least 4 members (excludes halogenated alkanes) is 1. The molecule has 0 radical (unpaired) electrons. The number of nitrogens with two attached hydrogens (primary N) is 1. The fourth-order valence-corrected chi connectivity index (χ4v) is 1.61. The molecule has 1 unspecified atom stereocenters. The van der Waals surface area contributed by atoms with Crippen molar-refractivity contribution in [3.8, 4) is 0 Å². The van der Waals surface area contributed by atoms with E-state index >= 15 is 0 Å². The number of amides is 1. The molecule has 0 aromatic heterocycles. The second kappa shape index (κ2) is 7.01. The minimum atomic E-state index is -0.253. The molecule has 4 heteroatoms. The molecule has 1 atom stereocenters. The molecule has 1 amide bonds. The number of rotatable bonds is 7. The summed E-state index contributed by atoms with van der Waals surface area (Å²) < 4.78 is 12.7. The number of primary amides is 1. The highest BCUT2D eigenvalue weighted by Crippen LogP contribution is 2.12. The molecular weight excluding hydrogens is 219 g/mol. The van der Waals surface area contributed by atoms with Crippen molar-refractivity contribution in [1.82, 2.24) is 5.32 Å². The third kappa shape index (κ3) is 5.45. The van der Waals surface area contributed by atoms with Crippen molar-refractivity contribution < 1.29 is 9.18 Å². The van der Waals surface area contributed by atoms with E-state index < -0.39 is 0 Å². The summed E-state index contributed by atoms with van der Waals surface area (Å²) >= 11 is 0. The maximum absolute atomic E-state index is 12.7. The van der Waals surface area contributed by atoms with Gasteiger partial charge in [0.05, 0.1) is 0 Å². The van der Waals surface area contributed by atoms with Gasteiger partial charge in [-0.05, 0) is 44.0 Å². The molecule has 0 aliphatic heterocycles. The van der Waals surface area contributed by atoms with Crippen LogP contribution < -0.4 is 11.1 Å². The lowest BCUT2D eigenvalue weighted by molar-refractivity contribution is -0.118. The van der Waals surface area contributed by atoms with Gasteiger partial charge in [0.15, 0.2) is 0 Å². The average Bonchev–Trinajstić information content (AvgIpc) is 2.29. The zero-order valence-corrected chi connectivity index (χ0v) is 10.1. The highest BCUT2D eigenvalue weighted by atomic mass is 19.1. The molecule has 3 nitrogen and oxygen atoms in total. The summed E-state index contributed by atoms with van der Waals surface area (Å²) in [6, 6.07) is 6.65. The molecule has 0 saturated carbocycles. The number of nitrogens with one attached hydrogen (secondary N) is 1. The van der Waals surface area contributed by atoms with Crippen LogP contribution in [0.4, 0.5) is 4.39 Å². The minimum absolute atomic E-state index is 0.184. The van der Waals surface area contributed by atoms with Crippen molar-refractivity contribution >= 4 is 5.91 Å². The Morgan fingerprint density at radius 2 is 2.00 bits per heavy atom. The Morgan fingerprint density at radius 1 is 1.35 bits per heavy atom. The summed E-state index contributed by atoms with van der Waals surface area (Å²) in [5.74, 6) is -0.473. The second-order valence-corrected chi connectivity index (χ2v) is 4.15. The Balaban J connectivity index is 2.23. The maximum Gasteiger partial charge on any atom is 0.217 e. The smallest absolute Gasteiger partial charge is 0.217 e. The monoisotopic (exact) mass is 238 g/mol. The first-order valence-corrected chi connectivity index (χ1v) is 5.86. The Labute approximate surface area is 101 Å². The Hall–Kier alpha value is -1.42. The SMILES string of the molecule is CC(NCCCCC(N)=O)c1ccc(F)cc1. The van der Waals surface area contributed by atoms with Crippen molar-refractivity contribution in [3.05, 3.63) is 35.6 Å². The van der Waals surface area contributed by atoms with Gasteiger partial charge in [-0.2, -0.15) is 0 Å². The van der Waals surface area contributed by atoms with Crippen molar-refractivity contribution in [2.24, 2.45) is 5.73 Å². The third-order valence-corrected chi connectivity index (χ3v) is 2.67. The van der Waals surface area contributed by atoms with Crippen molar-refractivity contribution in [2.45, 2.75) is 32.2 Å². The Bertz CT molecular complexity index is 351. The van der Waals surface area contributed by atoms with E-state index in [0.717, 1.165) is 24.9 Å². The number of carbonyl (C=O) groups excluding carboxylic acids is 1. The molecule has 0 spiro atoms. The molecule has 3 N–H and O–H groups in total. The number of hydrogen-bond acceptors (Lipinski definition) is 2. The predicted octanol–water partition coefficient (Wildman–Crippen LogP) is 2.13. The summed E-state index contributed by atoms with van der Waals surface area (Å²) in [7, 11) is 0. The van der Waals surface area contributed by atoms with E-state index in [1.807, 2.05) is 6.92 Å². The molecule has 1 aromatic carbocycles. The van der Waals surface area contributed by atoms with Crippen molar-refractivity contribution in [3.63, 3.8) is 0 Å². The summed E-state index contributed by atoms with van der Waals surface area (Å²) in [5, 5.41) is 3.32. The largest absolute Gasteiger partial charge is 0.370 e. The van der Waals surface area contributed by atoms with Crippen LogP contribution >= 0.6 is 0 Å². The standard InChI is InChI=1S/C13H19FN2O/c1-10(11-5-7-12(14)8-6-11)16-9-3-2-4-13(15)17/h5-8,10,16H,2-4,9H2,1H3,(H2,15,17). The Morgan fingerprint density at radius 3 is 2.59 bits per heavy atom. The summed E-state index contributed by atoms with van der Waals surface area (Å²) in [4.78, 5) is 10.5. The lowest BCUT2D eigenvalue weighted by Gasteiger charge is -2.13. The molecule has 0 heterocycles. The van der Waals surface area contributed by atoms with E-state index in [-0.39, 0.29) is 17.8 Å². The average molecular weight is 238 g/mol. The van der Waals surface area contributed by atoms with Gasteiger partial charge in [-0.1, -0.05) is 12.1 Å². The first-order chi connectivity index (χ1) is 8.09. The molecule has 0 fully saturated rings. The van der Waals surface area contributed by atoms with Crippen molar-refractivity contribution in [2.75, 3.05) is 6.54 Å². The first-order valence-electron chi connectivity index (χ1n) is 5.86. The number of halogens is 1. The molecular formula is C13H19FN2O. The third-order valence-electron chi connectivity index (χ3n) is 2.67. The van der Waals surface area contributed by atoms with Gasteiger partial charge in [0, 0.05) is 12.5 Å². The first kappa shape index (κ1) is 13.6. The van der Waals surface area contributed by atoms with Gasteiger partial charge in [-0.3, -0.25) is 4.79 Å². The number of carbonyl (C=O) groups is 1. The van der Waals surface area contributed by atoms with Crippen molar-refractivity contribution in [1.29, 1.82) is 0 Å². The lowest BCUT2D eigenvalue weighted by atomic mass is 10.1. The summed E-state index contributed by atoms with van der Waals surface area (Å²) in [6.45, 7) is 2.85. The normalized spacial score (nSPS) is 12.4. The number of hydrogen-bond donors (Lipinski definition) is 2. The van der Waals surface area contributed by atoms with E-state index in [0.29, 0.717) is 6.42 Å². The van der Waals surface area contributed by atoms with Crippen LogP contribution in [0, 0.1) is 5.82 Å². The van der Waals surface area contributed by atoms with Gasteiger partial charge in [-0.25, -0.2) is 4.39 Å². The van der Waals surface area contributed by atoms with E-state index in [2.05, 4.69) is 5.32 Å². The molecule has 94 valence electrons. The zero-order valence-electron chi connectivity index (χ0n) is 10.1. The molecule has 0 saturated heterocycles. The quantitative estimate of drug-likeness (QED) is 0.715. The topological polar surface area (TPSA) is 55.1 Å². The second-order valence-electron chi connectivity index (χ2n) is 4.15. The van der Waals surface area contributed by atoms with E-state index in [1.54, 1.807) is 12.1 Å². The Kier molecular flexibility index (Phi) is 5.63. The van der Waals surface area contributed by atoms with Gasteiger partial charge >= 0.3 is 0 Å². The minimum Gasteiger partial charge on any atom is -0.370 e. The van der Waals surface area contributed by atoms with E-state index in [9.17, 15) is 9.18 Å². The molecule has 0 bridgehead atoms.